The van der Waals surface area contributed by atoms with Crippen molar-refractivity contribution in [2.45, 2.75) is 13.8 Å². The van der Waals surface area contributed by atoms with Gasteiger partial charge in [-0.25, -0.2) is 4.79 Å². The number of esters is 1. The van der Waals surface area contributed by atoms with Gasteiger partial charge in [-0.15, -0.1) is 0 Å². The van der Waals surface area contributed by atoms with Gasteiger partial charge in [-0.05, 0) is 26.0 Å². The lowest BCUT2D eigenvalue weighted by Gasteiger charge is -2.18. The van der Waals surface area contributed by atoms with Crippen molar-refractivity contribution in [1.82, 2.24) is 4.90 Å². The minimum atomic E-state index is -0.650. The molecular formula is C15H18N2O4. The minimum Gasteiger partial charge on any atom is -0.481 e. The smallest absolute Gasteiger partial charge is 0.344 e. The van der Waals surface area contributed by atoms with Crippen molar-refractivity contribution in [3.05, 3.63) is 29.8 Å². The van der Waals surface area contributed by atoms with Gasteiger partial charge in [0.1, 0.15) is 11.8 Å². The second-order valence-corrected chi connectivity index (χ2v) is 4.12. The summed E-state index contributed by atoms with van der Waals surface area (Å²) in [6.45, 7) is 4.20. The summed E-state index contributed by atoms with van der Waals surface area (Å²) >= 11 is 0. The summed E-state index contributed by atoms with van der Waals surface area (Å²) in [7, 11) is 0. The first-order chi connectivity index (χ1) is 10.1. The number of amides is 1. The Balaban J connectivity index is 2.41. The average Bonchev–Trinajstić information content (AvgIpc) is 2.52. The van der Waals surface area contributed by atoms with E-state index in [4.69, 9.17) is 14.7 Å². The first kappa shape index (κ1) is 16.5. The number of carbonyl (C=O) groups excluding carboxylic acids is 2. The van der Waals surface area contributed by atoms with E-state index in [1.165, 1.54) is 0 Å². The van der Waals surface area contributed by atoms with E-state index in [0.717, 1.165) is 0 Å². The molecule has 0 spiro atoms. The predicted molar refractivity (Wildman–Crippen MR) is 75.5 cm³/mol. The number of para-hydroxylation sites is 1. The number of hydrogen-bond donors (Lipinski definition) is 0. The highest BCUT2D eigenvalue weighted by Crippen LogP contribution is 2.16. The molecule has 6 nitrogen and oxygen atoms in total. The molecule has 6 heteroatoms. The van der Waals surface area contributed by atoms with Gasteiger partial charge in [-0.3, -0.25) is 4.79 Å². The van der Waals surface area contributed by atoms with Crippen LogP contribution in [0, 0.1) is 11.3 Å². The van der Waals surface area contributed by atoms with E-state index in [-0.39, 0.29) is 19.1 Å². The quantitative estimate of drug-likeness (QED) is 0.708. The normalized spacial score (nSPS) is 9.57. The number of hydrogen-bond acceptors (Lipinski definition) is 5. The fourth-order valence-corrected chi connectivity index (χ4v) is 1.67. The molecule has 0 heterocycles. The molecule has 112 valence electrons. The van der Waals surface area contributed by atoms with Crippen molar-refractivity contribution >= 4 is 11.9 Å². The fourth-order valence-electron chi connectivity index (χ4n) is 1.67. The van der Waals surface area contributed by atoms with Crippen LogP contribution in [-0.2, 0) is 14.3 Å². The van der Waals surface area contributed by atoms with E-state index in [9.17, 15) is 9.59 Å². The minimum absolute atomic E-state index is 0.245. The molecule has 0 aliphatic heterocycles. The number of benzene rings is 1. The monoisotopic (exact) mass is 290 g/mol. The highest BCUT2D eigenvalue weighted by Gasteiger charge is 2.13. The third kappa shape index (κ3) is 5.15. The van der Waals surface area contributed by atoms with Crippen molar-refractivity contribution in [2.75, 3.05) is 26.3 Å². The summed E-state index contributed by atoms with van der Waals surface area (Å²) in [6.07, 6.45) is 0. The van der Waals surface area contributed by atoms with Gasteiger partial charge in [0, 0.05) is 13.1 Å². The molecule has 0 N–H and O–H groups in total. The zero-order valence-corrected chi connectivity index (χ0v) is 12.2. The molecule has 0 aliphatic carbocycles. The summed E-state index contributed by atoms with van der Waals surface area (Å²) in [5.41, 5.74) is 0.338. The van der Waals surface area contributed by atoms with Crippen molar-refractivity contribution < 1.29 is 19.1 Å². The third-order valence-electron chi connectivity index (χ3n) is 2.83. The van der Waals surface area contributed by atoms with Crippen LogP contribution < -0.4 is 4.74 Å². The van der Waals surface area contributed by atoms with Crippen LogP contribution in [0.15, 0.2) is 24.3 Å². The first-order valence-electron chi connectivity index (χ1n) is 6.67. The second kappa shape index (κ2) is 8.59. The Hall–Kier alpha value is -2.55. The van der Waals surface area contributed by atoms with E-state index in [1.54, 1.807) is 29.2 Å². The number of nitrogens with zero attached hydrogens (tertiary/aromatic N) is 2. The maximum Gasteiger partial charge on any atom is 0.344 e. The van der Waals surface area contributed by atoms with Gasteiger partial charge >= 0.3 is 5.97 Å². The molecule has 21 heavy (non-hydrogen) atoms. The van der Waals surface area contributed by atoms with E-state index in [2.05, 4.69) is 0 Å². The molecule has 0 unspecified atom stereocenters. The van der Waals surface area contributed by atoms with Crippen LogP contribution in [0.25, 0.3) is 0 Å². The Kier molecular flexibility index (Phi) is 6.75. The Labute approximate surface area is 123 Å². The Bertz CT molecular complexity index is 533. The number of ether oxygens (including phenoxy) is 2. The van der Waals surface area contributed by atoms with Gasteiger partial charge in [0.2, 0.25) is 0 Å². The topological polar surface area (TPSA) is 79.6 Å². The van der Waals surface area contributed by atoms with Crippen LogP contribution in [0.5, 0.6) is 5.75 Å². The number of carbonyl (C=O) groups is 2. The lowest BCUT2D eigenvalue weighted by Crippen LogP contribution is -2.34. The SMILES string of the molecule is CCN(CC)C(=O)COC(=O)COc1ccccc1C#N. The average molecular weight is 290 g/mol. The molecule has 1 amide bonds. The van der Waals surface area contributed by atoms with Gasteiger partial charge in [-0.2, -0.15) is 5.26 Å². The largest absolute Gasteiger partial charge is 0.481 e. The molecule has 0 aliphatic rings. The molecule has 0 radical (unpaired) electrons. The Morgan fingerprint density at radius 1 is 1.19 bits per heavy atom. The molecular weight excluding hydrogens is 272 g/mol. The second-order valence-electron chi connectivity index (χ2n) is 4.12. The Morgan fingerprint density at radius 3 is 2.48 bits per heavy atom. The van der Waals surface area contributed by atoms with Gasteiger partial charge in [-0.1, -0.05) is 12.1 Å². The van der Waals surface area contributed by atoms with Gasteiger partial charge in [0.05, 0.1) is 5.56 Å². The predicted octanol–water partition coefficient (Wildman–Crippen LogP) is 1.35. The van der Waals surface area contributed by atoms with Crippen LogP contribution in [-0.4, -0.2) is 43.1 Å². The van der Waals surface area contributed by atoms with Crippen molar-refractivity contribution in [1.29, 1.82) is 5.26 Å². The summed E-state index contributed by atoms with van der Waals surface area (Å²) in [6, 6.07) is 8.54. The maximum atomic E-state index is 11.6. The highest BCUT2D eigenvalue weighted by molar-refractivity contribution is 5.81. The van der Waals surface area contributed by atoms with E-state index in [0.29, 0.717) is 24.4 Å². The Morgan fingerprint density at radius 2 is 1.86 bits per heavy atom. The van der Waals surface area contributed by atoms with E-state index in [1.807, 2.05) is 19.9 Å². The number of likely N-dealkylation sites (N-methyl/N-ethyl adjacent to an activating group) is 1. The molecule has 1 aromatic carbocycles. The first-order valence-corrected chi connectivity index (χ1v) is 6.67. The number of rotatable bonds is 7. The molecule has 0 saturated carbocycles. The zero-order valence-electron chi connectivity index (χ0n) is 12.2. The number of nitriles is 1. The van der Waals surface area contributed by atoms with E-state index >= 15 is 0 Å². The summed E-state index contributed by atoms with van der Waals surface area (Å²) < 4.78 is 10.1. The summed E-state index contributed by atoms with van der Waals surface area (Å²) in [5.74, 6) is -0.582. The van der Waals surface area contributed by atoms with Crippen LogP contribution in [0.4, 0.5) is 0 Å². The van der Waals surface area contributed by atoms with Crippen LogP contribution in [0.2, 0.25) is 0 Å². The molecule has 0 saturated heterocycles. The van der Waals surface area contributed by atoms with Gasteiger partial charge < -0.3 is 14.4 Å². The van der Waals surface area contributed by atoms with Crippen LogP contribution in [0.3, 0.4) is 0 Å². The maximum absolute atomic E-state index is 11.6. The molecule has 0 atom stereocenters. The molecule has 1 aromatic rings. The lowest BCUT2D eigenvalue weighted by atomic mass is 10.2. The van der Waals surface area contributed by atoms with Crippen LogP contribution >= 0.6 is 0 Å². The van der Waals surface area contributed by atoms with Crippen molar-refractivity contribution in [2.24, 2.45) is 0 Å². The molecule has 0 fully saturated rings. The van der Waals surface area contributed by atoms with Crippen molar-refractivity contribution in [3.63, 3.8) is 0 Å². The lowest BCUT2D eigenvalue weighted by molar-refractivity contribution is -0.153. The highest BCUT2D eigenvalue weighted by atomic mass is 16.6. The summed E-state index contributed by atoms with van der Waals surface area (Å²) in [5, 5.41) is 8.88. The van der Waals surface area contributed by atoms with Gasteiger partial charge in [0.15, 0.2) is 13.2 Å². The zero-order chi connectivity index (χ0) is 15.7. The molecule has 0 bridgehead atoms. The fraction of sp³-hybridized carbons (Fsp3) is 0.400. The van der Waals surface area contributed by atoms with E-state index < -0.39 is 5.97 Å². The molecule has 1 rings (SSSR count). The third-order valence-corrected chi connectivity index (χ3v) is 2.83. The van der Waals surface area contributed by atoms with Gasteiger partial charge in [0.25, 0.3) is 5.91 Å². The summed E-state index contributed by atoms with van der Waals surface area (Å²) in [4.78, 5) is 24.7. The molecule has 0 aromatic heterocycles. The van der Waals surface area contributed by atoms with Crippen LogP contribution in [0.1, 0.15) is 19.4 Å². The van der Waals surface area contributed by atoms with Crippen molar-refractivity contribution in [3.8, 4) is 11.8 Å². The standard InChI is InChI=1S/C15H18N2O4/c1-3-17(4-2)14(18)10-21-15(19)11-20-13-8-6-5-7-12(13)9-16/h5-8H,3-4,10-11H2,1-2H3.